The van der Waals surface area contributed by atoms with Crippen LogP contribution in [0.3, 0.4) is 0 Å². The Morgan fingerprint density at radius 3 is 2.65 bits per heavy atom. The highest BCUT2D eigenvalue weighted by Crippen LogP contribution is 2.53. The molecule has 1 saturated carbocycles. The monoisotopic (exact) mass is 355 g/mol. The highest BCUT2D eigenvalue weighted by molar-refractivity contribution is 9.10. The minimum Gasteiger partial charge on any atom is -0.325 e. The molecule has 0 aromatic heterocycles. The van der Waals surface area contributed by atoms with E-state index in [9.17, 15) is 4.79 Å². The molecule has 0 radical (unpaired) electrons. The van der Waals surface area contributed by atoms with Crippen LogP contribution in [0.25, 0.3) is 0 Å². The summed E-state index contributed by atoms with van der Waals surface area (Å²) in [6, 6.07) is 3.55. The van der Waals surface area contributed by atoms with Gasteiger partial charge in [0.1, 0.15) is 4.33 Å². The molecule has 1 amide bonds. The molecule has 0 aliphatic heterocycles. The zero-order chi connectivity index (χ0) is 12.8. The molecule has 0 saturated heterocycles. The molecule has 17 heavy (non-hydrogen) atoms. The van der Waals surface area contributed by atoms with Crippen LogP contribution in [0.15, 0.2) is 16.6 Å². The molecule has 1 N–H and O–H groups in total. The Labute approximate surface area is 123 Å². The second kappa shape index (κ2) is 4.61. The second-order valence-electron chi connectivity index (χ2n) is 4.09. The largest absolute Gasteiger partial charge is 0.325 e. The predicted molar refractivity (Wildman–Crippen MR) is 75.1 cm³/mol. The number of nitrogens with one attached hydrogen (secondary N) is 1. The maximum absolute atomic E-state index is 11.8. The highest BCUT2D eigenvalue weighted by Gasteiger charge is 2.56. The van der Waals surface area contributed by atoms with Crippen molar-refractivity contribution in [1.29, 1.82) is 0 Å². The zero-order valence-electron chi connectivity index (χ0n) is 8.86. The summed E-state index contributed by atoms with van der Waals surface area (Å²) < 4.78 is -0.131. The summed E-state index contributed by atoms with van der Waals surface area (Å²) in [7, 11) is 0. The van der Waals surface area contributed by atoms with Crippen molar-refractivity contribution >= 4 is 62.3 Å². The first kappa shape index (κ1) is 13.5. The lowest BCUT2D eigenvalue weighted by atomic mass is 10.2. The number of amides is 1. The molecule has 1 aromatic carbocycles. The Balaban J connectivity index is 2.14. The lowest BCUT2D eigenvalue weighted by Crippen LogP contribution is -2.17. The average Bonchev–Trinajstić information content (AvgIpc) is 2.84. The second-order valence-corrected chi connectivity index (χ2v) is 6.89. The molecular weight excluding hydrogens is 348 g/mol. The van der Waals surface area contributed by atoms with E-state index in [4.69, 9.17) is 34.8 Å². The average molecular weight is 357 g/mol. The van der Waals surface area contributed by atoms with Crippen molar-refractivity contribution in [3.8, 4) is 0 Å². The van der Waals surface area contributed by atoms with Gasteiger partial charge in [-0.2, -0.15) is 0 Å². The Bertz CT molecular complexity index is 490. The van der Waals surface area contributed by atoms with Gasteiger partial charge in [-0.1, -0.05) is 11.6 Å². The van der Waals surface area contributed by atoms with E-state index in [-0.39, 0.29) is 11.8 Å². The van der Waals surface area contributed by atoms with Crippen LogP contribution < -0.4 is 5.32 Å². The van der Waals surface area contributed by atoms with Gasteiger partial charge >= 0.3 is 0 Å². The molecule has 0 heterocycles. The summed E-state index contributed by atoms with van der Waals surface area (Å²) in [6.07, 6.45) is 0.485. The molecule has 1 unspecified atom stereocenters. The van der Waals surface area contributed by atoms with E-state index in [2.05, 4.69) is 21.2 Å². The Morgan fingerprint density at radius 2 is 2.12 bits per heavy atom. The minimum absolute atomic E-state index is 0.185. The summed E-state index contributed by atoms with van der Waals surface area (Å²) in [5.74, 6) is -0.534. The van der Waals surface area contributed by atoms with Gasteiger partial charge in [0, 0.05) is 9.50 Å². The number of carbonyl (C=O) groups is 1. The Kier molecular flexibility index (Phi) is 3.66. The lowest BCUT2D eigenvalue weighted by molar-refractivity contribution is -0.117. The van der Waals surface area contributed by atoms with Crippen molar-refractivity contribution in [2.45, 2.75) is 17.7 Å². The Morgan fingerprint density at radius 1 is 1.53 bits per heavy atom. The summed E-state index contributed by atoms with van der Waals surface area (Å²) in [4.78, 5) is 11.8. The minimum atomic E-state index is -0.912. The van der Waals surface area contributed by atoms with Gasteiger partial charge in [0.05, 0.1) is 11.6 Å². The fraction of sp³-hybridized carbons (Fsp3) is 0.364. The normalized spacial score (nSPS) is 21.1. The zero-order valence-corrected chi connectivity index (χ0v) is 12.7. The number of hydrogen-bond acceptors (Lipinski definition) is 1. The summed E-state index contributed by atoms with van der Waals surface area (Å²) in [5.41, 5.74) is 1.56. The molecule has 6 heteroatoms. The van der Waals surface area contributed by atoms with Gasteiger partial charge in [-0.15, -0.1) is 23.2 Å². The van der Waals surface area contributed by atoms with E-state index in [0.29, 0.717) is 17.1 Å². The number of hydrogen-bond donors (Lipinski definition) is 1. The first-order chi connectivity index (χ1) is 7.81. The number of rotatable bonds is 2. The number of benzene rings is 1. The summed E-state index contributed by atoms with van der Waals surface area (Å²) in [6.45, 7) is 1.89. The van der Waals surface area contributed by atoms with Crippen molar-refractivity contribution in [2.75, 3.05) is 5.32 Å². The lowest BCUT2D eigenvalue weighted by Gasteiger charge is -2.09. The maximum Gasteiger partial charge on any atom is 0.230 e. The number of anilines is 1. The van der Waals surface area contributed by atoms with E-state index in [0.717, 1.165) is 10.0 Å². The number of halogens is 4. The number of aryl methyl sites for hydroxylation is 1. The van der Waals surface area contributed by atoms with Gasteiger partial charge in [-0.3, -0.25) is 4.79 Å². The van der Waals surface area contributed by atoms with Crippen LogP contribution in [0.4, 0.5) is 5.69 Å². The molecule has 1 aliphatic rings. The van der Waals surface area contributed by atoms with Gasteiger partial charge in [0.2, 0.25) is 5.91 Å². The SMILES string of the molecule is Cc1cc(Br)c(NC(=O)C2CC2(Cl)Cl)cc1Cl. The van der Waals surface area contributed by atoms with Gasteiger partial charge < -0.3 is 5.32 Å². The van der Waals surface area contributed by atoms with E-state index >= 15 is 0 Å². The van der Waals surface area contributed by atoms with E-state index in [1.165, 1.54) is 0 Å². The Hall–Kier alpha value is 0.0400. The molecule has 1 aliphatic carbocycles. The van der Waals surface area contributed by atoms with Crippen molar-refractivity contribution < 1.29 is 4.79 Å². The third-order valence-corrected chi connectivity index (χ3v) is 4.55. The van der Waals surface area contributed by atoms with Crippen molar-refractivity contribution in [3.05, 3.63) is 27.2 Å². The van der Waals surface area contributed by atoms with Gasteiger partial charge in [-0.25, -0.2) is 0 Å². The van der Waals surface area contributed by atoms with Gasteiger partial charge in [-0.05, 0) is 47.0 Å². The predicted octanol–water partition coefficient (Wildman–Crippen LogP) is 4.54. The molecule has 2 rings (SSSR count). The number of alkyl halides is 2. The molecule has 1 atom stereocenters. The molecule has 1 aromatic rings. The molecule has 1 fully saturated rings. The fourth-order valence-corrected chi connectivity index (χ4v) is 2.69. The van der Waals surface area contributed by atoms with Crippen LogP contribution in [0.1, 0.15) is 12.0 Å². The van der Waals surface area contributed by atoms with Crippen LogP contribution in [0, 0.1) is 12.8 Å². The summed E-state index contributed by atoms with van der Waals surface area (Å²) >= 11 is 21.0. The smallest absolute Gasteiger partial charge is 0.230 e. The standard InChI is InChI=1S/C11H9BrCl3NO/c1-5-2-7(12)9(3-8(5)13)16-10(17)6-4-11(6,14)15/h2-3,6H,4H2,1H3,(H,16,17). The molecular formula is C11H9BrCl3NO. The summed E-state index contributed by atoms with van der Waals surface area (Å²) in [5, 5.41) is 3.36. The highest BCUT2D eigenvalue weighted by atomic mass is 79.9. The molecule has 0 spiro atoms. The van der Waals surface area contributed by atoms with E-state index < -0.39 is 4.33 Å². The fourth-order valence-electron chi connectivity index (χ4n) is 1.46. The van der Waals surface area contributed by atoms with Crippen LogP contribution in [0.2, 0.25) is 5.02 Å². The van der Waals surface area contributed by atoms with Crippen LogP contribution in [0.5, 0.6) is 0 Å². The quantitative estimate of drug-likeness (QED) is 0.774. The molecule has 2 nitrogen and oxygen atoms in total. The topological polar surface area (TPSA) is 29.1 Å². The third kappa shape index (κ3) is 2.90. The maximum atomic E-state index is 11.8. The third-order valence-electron chi connectivity index (χ3n) is 2.65. The van der Waals surface area contributed by atoms with Crippen molar-refractivity contribution in [2.24, 2.45) is 5.92 Å². The first-order valence-electron chi connectivity index (χ1n) is 4.95. The molecule has 0 bridgehead atoms. The van der Waals surface area contributed by atoms with Crippen LogP contribution in [-0.2, 0) is 4.79 Å². The number of carbonyl (C=O) groups excluding carboxylic acids is 1. The van der Waals surface area contributed by atoms with Crippen molar-refractivity contribution in [3.63, 3.8) is 0 Å². The van der Waals surface area contributed by atoms with Gasteiger partial charge in [0.25, 0.3) is 0 Å². The van der Waals surface area contributed by atoms with Crippen LogP contribution in [-0.4, -0.2) is 10.2 Å². The van der Waals surface area contributed by atoms with E-state index in [1.807, 2.05) is 13.0 Å². The van der Waals surface area contributed by atoms with Crippen LogP contribution >= 0.6 is 50.7 Å². The van der Waals surface area contributed by atoms with Gasteiger partial charge in [0.15, 0.2) is 0 Å². The van der Waals surface area contributed by atoms with E-state index in [1.54, 1.807) is 6.07 Å². The first-order valence-corrected chi connectivity index (χ1v) is 6.88. The van der Waals surface area contributed by atoms with Crippen molar-refractivity contribution in [1.82, 2.24) is 0 Å². The molecule has 92 valence electrons.